The predicted molar refractivity (Wildman–Crippen MR) is 63.6 cm³/mol. The molecule has 0 aromatic heterocycles. The Bertz CT molecular complexity index is 304. The Morgan fingerprint density at radius 1 is 1.53 bits per heavy atom. The summed E-state index contributed by atoms with van der Waals surface area (Å²) in [5, 5.41) is 5.85. The largest absolute Gasteiger partial charge is 0.336 e. The van der Waals surface area contributed by atoms with Crippen molar-refractivity contribution in [1.82, 2.24) is 20.4 Å². The summed E-state index contributed by atoms with van der Waals surface area (Å²) < 4.78 is 0. The molecule has 2 N–H and O–H groups in total. The van der Waals surface area contributed by atoms with Crippen LogP contribution in [0.25, 0.3) is 0 Å². The number of imide groups is 1. The van der Waals surface area contributed by atoms with Gasteiger partial charge in [0.2, 0.25) is 5.91 Å². The summed E-state index contributed by atoms with van der Waals surface area (Å²) in [6, 6.07) is 0.197. The Kier molecular flexibility index (Phi) is 3.96. The highest BCUT2D eigenvalue weighted by Crippen LogP contribution is 2.08. The molecule has 0 atom stereocenters. The van der Waals surface area contributed by atoms with Crippen molar-refractivity contribution in [3.05, 3.63) is 0 Å². The van der Waals surface area contributed by atoms with E-state index in [0.29, 0.717) is 25.7 Å². The number of nitrogens with zero attached hydrogens (tertiary/aromatic N) is 2. The Hall–Kier alpha value is -1.14. The van der Waals surface area contributed by atoms with Crippen LogP contribution in [0.15, 0.2) is 0 Å². The Labute approximate surface area is 101 Å². The van der Waals surface area contributed by atoms with E-state index < -0.39 is 0 Å². The molecule has 96 valence electrons. The fourth-order valence-corrected chi connectivity index (χ4v) is 2.18. The fraction of sp³-hybridized carbons (Fsp3) is 0.818. The van der Waals surface area contributed by atoms with Crippen LogP contribution in [0.5, 0.6) is 0 Å². The van der Waals surface area contributed by atoms with E-state index in [0.717, 1.165) is 26.1 Å². The van der Waals surface area contributed by atoms with E-state index in [-0.39, 0.29) is 11.9 Å². The average molecular weight is 240 g/mol. The van der Waals surface area contributed by atoms with Gasteiger partial charge in [0.1, 0.15) is 0 Å². The molecule has 0 radical (unpaired) electrons. The van der Waals surface area contributed by atoms with Gasteiger partial charge >= 0.3 is 6.03 Å². The van der Waals surface area contributed by atoms with Crippen LogP contribution in [0, 0.1) is 0 Å². The maximum atomic E-state index is 12.0. The van der Waals surface area contributed by atoms with Crippen molar-refractivity contribution in [2.75, 3.05) is 39.3 Å². The maximum Gasteiger partial charge on any atom is 0.324 e. The SMILES string of the molecule is CCCN(CC(=O)N1CCNC1=O)C1CNC1. The molecule has 6 heteroatoms. The summed E-state index contributed by atoms with van der Waals surface area (Å²) in [5.74, 6) is -0.0830. The smallest absolute Gasteiger partial charge is 0.324 e. The molecular formula is C11H20N4O2. The highest BCUT2D eigenvalue weighted by molar-refractivity contribution is 5.96. The molecule has 2 rings (SSSR count). The van der Waals surface area contributed by atoms with Crippen molar-refractivity contribution >= 4 is 11.9 Å². The van der Waals surface area contributed by atoms with Crippen molar-refractivity contribution in [2.45, 2.75) is 19.4 Å². The lowest BCUT2D eigenvalue weighted by Crippen LogP contribution is -2.59. The third-order valence-corrected chi connectivity index (χ3v) is 3.28. The molecule has 0 aromatic carbocycles. The van der Waals surface area contributed by atoms with E-state index in [1.165, 1.54) is 4.90 Å². The molecule has 2 heterocycles. The van der Waals surface area contributed by atoms with Crippen LogP contribution in [0.4, 0.5) is 4.79 Å². The number of carbonyl (C=O) groups is 2. The third-order valence-electron chi connectivity index (χ3n) is 3.28. The zero-order valence-corrected chi connectivity index (χ0v) is 10.2. The molecule has 0 aromatic rings. The molecule has 3 amide bonds. The van der Waals surface area contributed by atoms with Crippen LogP contribution in [0.3, 0.4) is 0 Å². The molecule has 2 saturated heterocycles. The Morgan fingerprint density at radius 3 is 2.76 bits per heavy atom. The fourth-order valence-electron chi connectivity index (χ4n) is 2.18. The average Bonchev–Trinajstić information content (AvgIpc) is 2.62. The van der Waals surface area contributed by atoms with E-state index in [1.807, 2.05) is 0 Å². The molecule has 0 saturated carbocycles. The van der Waals surface area contributed by atoms with Gasteiger partial charge in [0.15, 0.2) is 0 Å². The summed E-state index contributed by atoms with van der Waals surface area (Å²) >= 11 is 0. The number of urea groups is 1. The lowest BCUT2D eigenvalue weighted by atomic mass is 10.1. The number of carbonyl (C=O) groups excluding carboxylic acids is 2. The quantitative estimate of drug-likeness (QED) is 0.662. The van der Waals surface area contributed by atoms with E-state index >= 15 is 0 Å². The van der Waals surface area contributed by atoms with Gasteiger partial charge in [0.25, 0.3) is 0 Å². The first-order chi connectivity index (χ1) is 8.22. The maximum absolute atomic E-state index is 12.0. The van der Waals surface area contributed by atoms with E-state index in [2.05, 4.69) is 22.5 Å². The van der Waals surface area contributed by atoms with Crippen LogP contribution >= 0.6 is 0 Å². The summed E-state index contributed by atoms with van der Waals surface area (Å²) in [7, 11) is 0. The second kappa shape index (κ2) is 5.46. The van der Waals surface area contributed by atoms with Crippen molar-refractivity contribution in [3.8, 4) is 0 Å². The van der Waals surface area contributed by atoms with Gasteiger partial charge in [0.05, 0.1) is 6.54 Å². The topological polar surface area (TPSA) is 64.7 Å². The first-order valence-corrected chi connectivity index (χ1v) is 6.25. The number of nitrogens with one attached hydrogen (secondary N) is 2. The second-order valence-corrected chi connectivity index (χ2v) is 4.56. The minimum absolute atomic E-state index is 0.0830. The minimum Gasteiger partial charge on any atom is -0.336 e. The van der Waals surface area contributed by atoms with Gasteiger partial charge in [0, 0.05) is 32.2 Å². The van der Waals surface area contributed by atoms with E-state index in [1.54, 1.807) is 0 Å². The molecule has 2 fully saturated rings. The monoisotopic (exact) mass is 240 g/mol. The lowest BCUT2D eigenvalue weighted by Gasteiger charge is -2.38. The summed E-state index contributed by atoms with van der Waals surface area (Å²) in [6.07, 6.45) is 1.02. The molecule has 2 aliphatic rings. The van der Waals surface area contributed by atoms with Gasteiger partial charge in [-0.1, -0.05) is 6.92 Å². The van der Waals surface area contributed by atoms with Crippen molar-refractivity contribution in [3.63, 3.8) is 0 Å². The first kappa shape index (κ1) is 12.3. The number of amides is 3. The number of hydrogen-bond donors (Lipinski definition) is 2. The van der Waals surface area contributed by atoms with Gasteiger partial charge in [-0.15, -0.1) is 0 Å². The zero-order chi connectivity index (χ0) is 12.3. The molecule has 17 heavy (non-hydrogen) atoms. The van der Waals surface area contributed by atoms with Crippen molar-refractivity contribution in [1.29, 1.82) is 0 Å². The minimum atomic E-state index is -0.252. The Balaban J connectivity index is 1.87. The van der Waals surface area contributed by atoms with Gasteiger partial charge in [-0.05, 0) is 13.0 Å². The normalized spacial score (nSPS) is 20.6. The van der Waals surface area contributed by atoms with Crippen LogP contribution in [-0.4, -0.2) is 67.0 Å². The predicted octanol–water partition coefficient (Wildman–Crippen LogP) is -0.778. The van der Waals surface area contributed by atoms with Crippen LogP contribution in [-0.2, 0) is 4.79 Å². The molecule has 0 unspecified atom stereocenters. The Morgan fingerprint density at radius 2 is 2.29 bits per heavy atom. The van der Waals surface area contributed by atoms with Gasteiger partial charge < -0.3 is 10.6 Å². The summed E-state index contributed by atoms with van der Waals surface area (Å²) in [6.45, 7) is 6.33. The molecule has 6 nitrogen and oxygen atoms in total. The highest BCUT2D eigenvalue weighted by Gasteiger charge is 2.30. The molecule has 0 bridgehead atoms. The van der Waals surface area contributed by atoms with Crippen LogP contribution < -0.4 is 10.6 Å². The number of hydrogen-bond acceptors (Lipinski definition) is 4. The van der Waals surface area contributed by atoms with Gasteiger partial charge in [-0.3, -0.25) is 14.6 Å². The molecule has 0 spiro atoms. The zero-order valence-electron chi connectivity index (χ0n) is 10.2. The number of rotatable bonds is 5. The standard InChI is InChI=1S/C11H20N4O2/c1-2-4-14(9-6-12-7-9)8-10(16)15-5-3-13-11(15)17/h9,12H,2-8H2,1H3,(H,13,17). The van der Waals surface area contributed by atoms with Crippen LogP contribution in [0.1, 0.15) is 13.3 Å². The lowest BCUT2D eigenvalue weighted by molar-refractivity contribution is -0.129. The van der Waals surface area contributed by atoms with E-state index in [4.69, 9.17) is 0 Å². The molecule has 2 aliphatic heterocycles. The molecule has 0 aliphatic carbocycles. The second-order valence-electron chi connectivity index (χ2n) is 4.56. The van der Waals surface area contributed by atoms with Gasteiger partial charge in [-0.2, -0.15) is 0 Å². The van der Waals surface area contributed by atoms with Crippen molar-refractivity contribution < 1.29 is 9.59 Å². The van der Waals surface area contributed by atoms with Crippen LogP contribution in [0.2, 0.25) is 0 Å². The summed E-state index contributed by atoms with van der Waals surface area (Å²) in [5.41, 5.74) is 0. The van der Waals surface area contributed by atoms with Gasteiger partial charge in [-0.25, -0.2) is 4.79 Å². The molecular weight excluding hydrogens is 220 g/mol. The van der Waals surface area contributed by atoms with Crippen molar-refractivity contribution in [2.24, 2.45) is 0 Å². The highest BCUT2D eigenvalue weighted by atomic mass is 16.2. The summed E-state index contributed by atoms with van der Waals surface area (Å²) in [4.78, 5) is 26.8. The third kappa shape index (κ3) is 2.76. The first-order valence-electron chi connectivity index (χ1n) is 6.25. The van der Waals surface area contributed by atoms with E-state index in [9.17, 15) is 9.59 Å².